The molecule has 0 saturated heterocycles. The quantitative estimate of drug-likeness (QED) is 0.773. The third kappa shape index (κ3) is 6.12. The standard InChI is InChI=1S/C19H22O4/c1-15-4-8-18(9-5-15)22-13-17(21)14-23-19-10-6-16(7-11-19)3-2-12-20/h4-11,20H,2-3,12-14H2,1H3. The van der Waals surface area contributed by atoms with E-state index in [1.54, 1.807) is 0 Å². The molecule has 0 spiro atoms. The summed E-state index contributed by atoms with van der Waals surface area (Å²) >= 11 is 0. The zero-order chi connectivity index (χ0) is 16.5. The van der Waals surface area contributed by atoms with Crippen molar-refractivity contribution >= 4 is 5.78 Å². The number of aliphatic hydroxyl groups is 1. The van der Waals surface area contributed by atoms with Gasteiger partial charge in [0.25, 0.3) is 0 Å². The Morgan fingerprint density at radius 2 is 1.43 bits per heavy atom. The summed E-state index contributed by atoms with van der Waals surface area (Å²) in [7, 11) is 0. The highest BCUT2D eigenvalue weighted by molar-refractivity contribution is 5.81. The maximum atomic E-state index is 11.8. The van der Waals surface area contributed by atoms with Crippen molar-refractivity contribution in [2.45, 2.75) is 19.8 Å². The van der Waals surface area contributed by atoms with Crippen LogP contribution in [0.1, 0.15) is 17.5 Å². The molecular weight excluding hydrogens is 292 g/mol. The van der Waals surface area contributed by atoms with E-state index in [0.29, 0.717) is 11.5 Å². The number of hydrogen-bond acceptors (Lipinski definition) is 4. The lowest BCUT2D eigenvalue weighted by Crippen LogP contribution is -2.19. The first-order valence-corrected chi connectivity index (χ1v) is 7.71. The Morgan fingerprint density at radius 3 is 1.96 bits per heavy atom. The molecule has 122 valence electrons. The van der Waals surface area contributed by atoms with E-state index in [0.717, 1.165) is 24.0 Å². The molecule has 0 radical (unpaired) electrons. The SMILES string of the molecule is Cc1ccc(OCC(=O)COc2ccc(CCCO)cc2)cc1. The van der Waals surface area contributed by atoms with Gasteiger partial charge in [0.1, 0.15) is 24.7 Å². The third-order valence-electron chi connectivity index (χ3n) is 3.37. The summed E-state index contributed by atoms with van der Waals surface area (Å²) in [6.07, 6.45) is 1.58. The number of aliphatic hydroxyl groups excluding tert-OH is 1. The smallest absolute Gasteiger partial charge is 0.207 e. The van der Waals surface area contributed by atoms with Crippen LogP contribution in [0.15, 0.2) is 48.5 Å². The van der Waals surface area contributed by atoms with Gasteiger partial charge in [-0.1, -0.05) is 29.8 Å². The van der Waals surface area contributed by atoms with Crippen LogP contribution in [0.5, 0.6) is 11.5 Å². The maximum Gasteiger partial charge on any atom is 0.207 e. The number of hydrogen-bond donors (Lipinski definition) is 1. The molecule has 2 aromatic rings. The molecule has 0 fully saturated rings. The molecule has 23 heavy (non-hydrogen) atoms. The monoisotopic (exact) mass is 314 g/mol. The van der Waals surface area contributed by atoms with E-state index in [1.165, 1.54) is 0 Å². The van der Waals surface area contributed by atoms with E-state index in [9.17, 15) is 4.79 Å². The van der Waals surface area contributed by atoms with Crippen LogP contribution in [0.25, 0.3) is 0 Å². The van der Waals surface area contributed by atoms with Crippen molar-refractivity contribution < 1.29 is 19.4 Å². The summed E-state index contributed by atoms with van der Waals surface area (Å²) in [4.78, 5) is 11.8. The Kier molecular flexibility index (Phi) is 6.63. The summed E-state index contributed by atoms with van der Waals surface area (Å²) in [5.74, 6) is 1.22. The molecule has 0 saturated carbocycles. The zero-order valence-electron chi connectivity index (χ0n) is 13.3. The van der Waals surface area contributed by atoms with Crippen LogP contribution in [0.3, 0.4) is 0 Å². The van der Waals surface area contributed by atoms with Crippen LogP contribution < -0.4 is 9.47 Å². The van der Waals surface area contributed by atoms with Gasteiger partial charge in [0.15, 0.2) is 0 Å². The van der Waals surface area contributed by atoms with Crippen molar-refractivity contribution in [1.82, 2.24) is 0 Å². The topological polar surface area (TPSA) is 55.8 Å². The van der Waals surface area contributed by atoms with Gasteiger partial charge < -0.3 is 14.6 Å². The highest BCUT2D eigenvalue weighted by Gasteiger charge is 2.05. The largest absolute Gasteiger partial charge is 0.486 e. The molecule has 4 nitrogen and oxygen atoms in total. The lowest BCUT2D eigenvalue weighted by molar-refractivity contribution is -0.123. The van der Waals surface area contributed by atoms with Crippen molar-refractivity contribution in [3.05, 3.63) is 59.7 Å². The van der Waals surface area contributed by atoms with Crippen molar-refractivity contribution in [2.75, 3.05) is 19.8 Å². The molecule has 4 heteroatoms. The molecule has 0 heterocycles. The van der Waals surface area contributed by atoms with Crippen LogP contribution in [0.4, 0.5) is 0 Å². The maximum absolute atomic E-state index is 11.8. The summed E-state index contributed by atoms with van der Waals surface area (Å²) in [5.41, 5.74) is 2.29. The molecule has 0 aliphatic heterocycles. The van der Waals surface area contributed by atoms with Gasteiger partial charge in [-0.25, -0.2) is 0 Å². The second kappa shape index (κ2) is 8.96. The second-order valence-corrected chi connectivity index (χ2v) is 5.40. The van der Waals surface area contributed by atoms with Crippen molar-refractivity contribution in [3.8, 4) is 11.5 Å². The van der Waals surface area contributed by atoms with Gasteiger partial charge in [-0.15, -0.1) is 0 Å². The van der Waals surface area contributed by atoms with Crippen LogP contribution in [0.2, 0.25) is 0 Å². The Morgan fingerprint density at radius 1 is 0.913 bits per heavy atom. The van der Waals surface area contributed by atoms with E-state index in [2.05, 4.69) is 0 Å². The van der Waals surface area contributed by atoms with E-state index < -0.39 is 0 Å². The van der Waals surface area contributed by atoms with Gasteiger partial charge in [0, 0.05) is 6.61 Å². The highest BCUT2D eigenvalue weighted by atomic mass is 16.5. The third-order valence-corrected chi connectivity index (χ3v) is 3.37. The molecule has 0 amide bonds. The zero-order valence-corrected chi connectivity index (χ0v) is 13.3. The number of aryl methyl sites for hydroxylation is 2. The first kappa shape index (κ1) is 17.0. The van der Waals surface area contributed by atoms with Gasteiger partial charge in [-0.05, 0) is 49.6 Å². The molecule has 0 atom stereocenters. The van der Waals surface area contributed by atoms with Crippen LogP contribution >= 0.6 is 0 Å². The Balaban J connectivity index is 1.72. The molecular formula is C19H22O4. The number of ketones is 1. The van der Waals surface area contributed by atoms with Crippen LogP contribution in [-0.2, 0) is 11.2 Å². The normalized spacial score (nSPS) is 10.3. The summed E-state index contributed by atoms with van der Waals surface area (Å²) in [6, 6.07) is 15.1. The van der Waals surface area contributed by atoms with E-state index in [1.807, 2.05) is 55.5 Å². The number of ether oxygens (including phenoxy) is 2. The minimum Gasteiger partial charge on any atom is -0.486 e. The minimum atomic E-state index is -0.116. The average Bonchev–Trinajstić information content (AvgIpc) is 2.58. The minimum absolute atomic E-state index is 0.00234. The number of carbonyl (C=O) groups is 1. The van der Waals surface area contributed by atoms with Gasteiger partial charge in [0.2, 0.25) is 5.78 Å². The van der Waals surface area contributed by atoms with Crippen molar-refractivity contribution in [2.24, 2.45) is 0 Å². The first-order valence-electron chi connectivity index (χ1n) is 7.71. The fourth-order valence-corrected chi connectivity index (χ4v) is 2.04. The summed E-state index contributed by atoms with van der Waals surface area (Å²) in [5, 5.41) is 8.80. The van der Waals surface area contributed by atoms with Crippen molar-refractivity contribution in [3.63, 3.8) is 0 Å². The number of benzene rings is 2. The second-order valence-electron chi connectivity index (χ2n) is 5.40. The molecule has 2 rings (SSSR count). The Bertz CT molecular complexity index is 602. The van der Waals surface area contributed by atoms with E-state index >= 15 is 0 Å². The van der Waals surface area contributed by atoms with Gasteiger partial charge in [-0.3, -0.25) is 4.79 Å². The molecule has 0 aromatic heterocycles. The van der Waals surface area contributed by atoms with Gasteiger partial charge >= 0.3 is 0 Å². The highest BCUT2D eigenvalue weighted by Crippen LogP contribution is 2.14. The number of carbonyl (C=O) groups excluding carboxylic acids is 1. The van der Waals surface area contributed by atoms with Crippen LogP contribution in [-0.4, -0.2) is 30.7 Å². The molecule has 1 N–H and O–H groups in total. The predicted octanol–water partition coefficient (Wildman–Crippen LogP) is 2.95. The number of Topliss-reactive ketones (excluding diaryl/α,β-unsaturated/α-hetero) is 1. The number of rotatable bonds is 9. The van der Waals surface area contributed by atoms with Gasteiger partial charge in [-0.2, -0.15) is 0 Å². The molecule has 0 unspecified atom stereocenters. The lowest BCUT2D eigenvalue weighted by Gasteiger charge is -2.08. The molecule has 0 bridgehead atoms. The summed E-state index contributed by atoms with van der Waals surface area (Å²) in [6.45, 7) is 2.17. The fourth-order valence-electron chi connectivity index (χ4n) is 2.04. The average molecular weight is 314 g/mol. The predicted molar refractivity (Wildman–Crippen MR) is 89.0 cm³/mol. The van der Waals surface area contributed by atoms with Gasteiger partial charge in [0.05, 0.1) is 0 Å². The summed E-state index contributed by atoms with van der Waals surface area (Å²) < 4.78 is 10.9. The lowest BCUT2D eigenvalue weighted by atomic mass is 10.1. The van der Waals surface area contributed by atoms with E-state index in [4.69, 9.17) is 14.6 Å². The van der Waals surface area contributed by atoms with E-state index in [-0.39, 0.29) is 25.6 Å². The Hall–Kier alpha value is -2.33. The first-order chi connectivity index (χ1) is 11.2. The van der Waals surface area contributed by atoms with Crippen molar-refractivity contribution in [1.29, 1.82) is 0 Å². The molecule has 0 aliphatic carbocycles. The van der Waals surface area contributed by atoms with Crippen LogP contribution in [0, 0.1) is 6.92 Å². The Labute approximate surface area is 136 Å². The molecule has 0 aliphatic rings. The molecule has 2 aromatic carbocycles. The fraction of sp³-hybridized carbons (Fsp3) is 0.316.